The zero-order chi connectivity index (χ0) is 23.9. The molecule has 1 unspecified atom stereocenters. The number of amides is 2. The van der Waals surface area contributed by atoms with Crippen LogP contribution in [-0.4, -0.2) is 39.9 Å². The molecule has 0 radical (unpaired) electrons. The Kier molecular flexibility index (Phi) is 6.19. The molecule has 8 heteroatoms. The standard InChI is InChI=1S/C25H26F2N2O4/c1-13(2)9-20-23(30)28-21(16-10-14-5-3-4-6-15(14)11-16)24(31)29(20)22(25(32)33)18-8-7-17(26)12-19(18)27/h3-8,12-13,16,20-22H,9-11H2,1-2H3,(H,28,30)(H,32,33)/t20-,21-,22?/m1/s1. The van der Waals surface area contributed by atoms with Crippen LogP contribution in [0.5, 0.6) is 0 Å². The number of halogens is 2. The maximum absolute atomic E-state index is 14.7. The van der Waals surface area contributed by atoms with Crippen LogP contribution in [0.3, 0.4) is 0 Å². The van der Waals surface area contributed by atoms with E-state index in [1.54, 1.807) is 0 Å². The van der Waals surface area contributed by atoms with Crippen LogP contribution in [0.2, 0.25) is 0 Å². The molecule has 2 aromatic rings. The number of carbonyl (C=O) groups excluding carboxylic acids is 2. The van der Waals surface area contributed by atoms with Gasteiger partial charge >= 0.3 is 5.97 Å². The quantitative estimate of drug-likeness (QED) is 0.699. The predicted octanol–water partition coefficient (Wildman–Crippen LogP) is 3.25. The molecule has 6 nitrogen and oxygen atoms in total. The van der Waals surface area contributed by atoms with Crippen LogP contribution in [-0.2, 0) is 27.2 Å². The molecule has 174 valence electrons. The normalized spacial score (nSPS) is 21.8. The number of benzene rings is 2. The third-order valence-electron chi connectivity index (χ3n) is 6.47. The number of hydrogen-bond acceptors (Lipinski definition) is 3. The van der Waals surface area contributed by atoms with Crippen molar-refractivity contribution in [1.82, 2.24) is 10.2 Å². The molecule has 0 saturated carbocycles. The Balaban J connectivity index is 1.74. The van der Waals surface area contributed by atoms with Crippen LogP contribution in [0.25, 0.3) is 0 Å². The van der Waals surface area contributed by atoms with E-state index in [1.165, 1.54) is 0 Å². The van der Waals surface area contributed by atoms with Gasteiger partial charge in [0.25, 0.3) is 0 Å². The Hall–Kier alpha value is -3.29. The van der Waals surface area contributed by atoms with Crippen molar-refractivity contribution in [3.8, 4) is 0 Å². The molecular weight excluding hydrogens is 430 g/mol. The summed E-state index contributed by atoms with van der Waals surface area (Å²) in [5, 5.41) is 12.9. The van der Waals surface area contributed by atoms with Crippen LogP contribution in [0.1, 0.15) is 43.0 Å². The molecule has 4 rings (SSSR count). The van der Waals surface area contributed by atoms with Crippen molar-refractivity contribution in [2.45, 2.75) is 51.2 Å². The number of piperazine rings is 1. The molecule has 1 heterocycles. The number of carbonyl (C=O) groups is 3. The number of nitrogens with zero attached hydrogens (tertiary/aromatic N) is 1. The highest BCUT2D eigenvalue weighted by molar-refractivity contribution is 5.99. The molecule has 33 heavy (non-hydrogen) atoms. The van der Waals surface area contributed by atoms with Gasteiger partial charge in [-0.05, 0) is 48.3 Å². The van der Waals surface area contributed by atoms with Gasteiger partial charge in [0.15, 0.2) is 6.04 Å². The predicted molar refractivity (Wildman–Crippen MR) is 116 cm³/mol. The molecule has 1 fully saturated rings. The Labute approximate surface area is 190 Å². The maximum Gasteiger partial charge on any atom is 0.331 e. The fraction of sp³-hybridized carbons (Fsp3) is 0.400. The number of carboxylic acids is 1. The van der Waals surface area contributed by atoms with Gasteiger partial charge in [0.1, 0.15) is 23.7 Å². The highest BCUT2D eigenvalue weighted by Gasteiger charge is 2.50. The van der Waals surface area contributed by atoms with Crippen molar-refractivity contribution in [2.75, 3.05) is 0 Å². The van der Waals surface area contributed by atoms with Crippen molar-refractivity contribution in [3.63, 3.8) is 0 Å². The molecule has 1 aliphatic carbocycles. The van der Waals surface area contributed by atoms with Crippen LogP contribution in [0, 0.1) is 23.5 Å². The summed E-state index contributed by atoms with van der Waals surface area (Å²) in [4.78, 5) is 40.3. The SMILES string of the molecule is CC(C)C[C@@H]1C(=O)N[C@H](C2Cc3ccccc3C2)C(=O)N1C(C(=O)O)c1ccc(F)cc1F. The molecular formula is C25H26F2N2O4. The average Bonchev–Trinajstić information content (AvgIpc) is 3.17. The lowest BCUT2D eigenvalue weighted by molar-refractivity contribution is -0.162. The molecule has 0 spiro atoms. The van der Waals surface area contributed by atoms with Crippen molar-refractivity contribution >= 4 is 17.8 Å². The van der Waals surface area contributed by atoms with E-state index in [0.717, 1.165) is 28.2 Å². The summed E-state index contributed by atoms with van der Waals surface area (Å²) in [6.07, 6.45) is 1.35. The largest absolute Gasteiger partial charge is 0.479 e. The van der Waals surface area contributed by atoms with Crippen LogP contribution < -0.4 is 5.32 Å². The second-order valence-corrected chi connectivity index (χ2v) is 9.22. The Morgan fingerprint density at radius 2 is 1.76 bits per heavy atom. The van der Waals surface area contributed by atoms with Gasteiger partial charge in [-0.2, -0.15) is 0 Å². The number of hydrogen-bond donors (Lipinski definition) is 2. The molecule has 2 aromatic carbocycles. The molecule has 3 atom stereocenters. The van der Waals surface area contributed by atoms with Crippen LogP contribution >= 0.6 is 0 Å². The first kappa shape index (κ1) is 22.9. The zero-order valence-electron chi connectivity index (χ0n) is 18.4. The van der Waals surface area contributed by atoms with E-state index in [9.17, 15) is 28.3 Å². The molecule has 2 aliphatic rings. The van der Waals surface area contributed by atoms with Crippen molar-refractivity contribution < 1.29 is 28.3 Å². The summed E-state index contributed by atoms with van der Waals surface area (Å²) in [6, 6.07) is 6.55. The van der Waals surface area contributed by atoms with Gasteiger partial charge in [-0.3, -0.25) is 9.59 Å². The highest BCUT2D eigenvalue weighted by atomic mass is 19.1. The Morgan fingerprint density at radius 1 is 1.12 bits per heavy atom. The topological polar surface area (TPSA) is 86.7 Å². The second-order valence-electron chi connectivity index (χ2n) is 9.22. The second kappa shape index (κ2) is 8.92. The lowest BCUT2D eigenvalue weighted by Crippen LogP contribution is -2.66. The Morgan fingerprint density at radius 3 is 2.30 bits per heavy atom. The zero-order valence-corrected chi connectivity index (χ0v) is 18.4. The summed E-state index contributed by atoms with van der Waals surface area (Å²) in [5.74, 6) is -4.71. The monoisotopic (exact) mass is 456 g/mol. The summed E-state index contributed by atoms with van der Waals surface area (Å²) >= 11 is 0. The smallest absolute Gasteiger partial charge is 0.331 e. The summed E-state index contributed by atoms with van der Waals surface area (Å²) in [7, 11) is 0. The molecule has 0 bridgehead atoms. The van der Waals surface area contributed by atoms with E-state index in [-0.39, 0.29) is 23.8 Å². The van der Waals surface area contributed by atoms with Gasteiger partial charge in [0, 0.05) is 11.6 Å². The summed E-state index contributed by atoms with van der Waals surface area (Å²) < 4.78 is 28.2. The van der Waals surface area contributed by atoms with Gasteiger partial charge in [-0.15, -0.1) is 0 Å². The molecule has 2 amide bonds. The van der Waals surface area contributed by atoms with Gasteiger partial charge < -0.3 is 15.3 Å². The number of aliphatic carboxylic acids is 1. The molecule has 2 N–H and O–H groups in total. The first-order chi connectivity index (χ1) is 15.7. The van der Waals surface area contributed by atoms with E-state index in [4.69, 9.17) is 0 Å². The third-order valence-corrected chi connectivity index (χ3v) is 6.47. The van der Waals surface area contributed by atoms with Gasteiger partial charge in [0.05, 0.1) is 0 Å². The van der Waals surface area contributed by atoms with Crippen LogP contribution in [0.4, 0.5) is 8.78 Å². The summed E-state index contributed by atoms with van der Waals surface area (Å²) in [5.41, 5.74) is 1.81. The van der Waals surface area contributed by atoms with Gasteiger partial charge in [-0.25, -0.2) is 13.6 Å². The summed E-state index contributed by atoms with van der Waals surface area (Å²) in [6.45, 7) is 3.70. The lowest BCUT2D eigenvalue weighted by Gasteiger charge is -2.44. The van der Waals surface area contributed by atoms with E-state index in [2.05, 4.69) is 5.32 Å². The minimum atomic E-state index is -1.75. The molecule has 1 aliphatic heterocycles. The lowest BCUT2D eigenvalue weighted by atomic mass is 9.88. The minimum Gasteiger partial charge on any atom is -0.479 e. The first-order valence-corrected chi connectivity index (χ1v) is 11.0. The van der Waals surface area contributed by atoms with E-state index in [0.29, 0.717) is 18.9 Å². The van der Waals surface area contributed by atoms with Gasteiger partial charge in [-0.1, -0.05) is 44.2 Å². The van der Waals surface area contributed by atoms with Gasteiger partial charge in [0.2, 0.25) is 11.8 Å². The van der Waals surface area contributed by atoms with E-state index >= 15 is 0 Å². The van der Waals surface area contributed by atoms with E-state index < -0.39 is 47.5 Å². The number of carboxylic acid groups (broad SMARTS) is 1. The van der Waals surface area contributed by atoms with Crippen molar-refractivity contribution in [2.24, 2.45) is 11.8 Å². The molecule has 0 aromatic heterocycles. The number of nitrogens with one attached hydrogen (secondary N) is 1. The highest BCUT2D eigenvalue weighted by Crippen LogP contribution is 2.36. The maximum atomic E-state index is 14.7. The molecule has 1 saturated heterocycles. The van der Waals surface area contributed by atoms with Crippen molar-refractivity contribution in [1.29, 1.82) is 0 Å². The Bertz CT molecular complexity index is 1080. The third kappa shape index (κ3) is 4.34. The van der Waals surface area contributed by atoms with Crippen LogP contribution in [0.15, 0.2) is 42.5 Å². The minimum absolute atomic E-state index is 0.0316. The van der Waals surface area contributed by atoms with E-state index in [1.807, 2.05) is 38.1 Å². The fourth-order valence-corrected chi connectivity index (χ4v) is 5.00. The fourth-order valence-electron chi connectivity index (χ4n) is 5.00. The first-order valence-electron chi connectivity index (χ1n) is 11.0. The average molecular weight is 456 g/mol. The van der Waals surface area contributed by atoms with Crippen molar-refractivity contribution in [3.05, 3.63) is 70.8 Å². The number of rotatable bonds is 6. The number of fused-ring (bicyclic) bond motifs is 1.